The van der Waals surface area contributed by atoms with Crippen LogP contribution in [-0.2, 0) is 21.1 Å². The van der Waals surface area contributed by atoms with Crippen LogP contribution >= 0.6 is 7.14 Å². The van der Waals surface area contributed by atoms with E-state index in [1.807, 2.05) is 17.0 Å². The van der Waals surface area contributed by atoms with E-state index in [2.05, 4.69) is 19.9 Å². The summed E-state index contributed by atoms with van der Waals surface area (Å²) in [6.07, 6.45) is 3.27. The van der Waals surface area contributed by atoms with Crippen LogP contribution in [0.4, 0.5) is 11.6 Å². The van der Waals surface area contributed by atoms with Gasteiger partial charge in [0.2, 0.25) is 10.0 Å². The summed E-state index contributed by atoms with van der Waals surface area (Å²) in [6.45, 7) is 5.52. The van der Waals surface area contributed by atoms with Gasteiger partial charge in [0.25, 0.3) is 0 Å². The first kappa shape index (κ1) is 23.4. The first-order chi connectivity index (χ1) is 15.5. The number of hydrogen-bond donors (Lipinski definition) is 2. The van der Waals surface area contributed by atoms with Gasteiger partial charge in [0.05, 0.1) is 12.8 Å². The van der Waals surface area contributed by atoms with Crippen molar-refractivity contribution in [2.24, 2.45) is 0 Å². The average Bonchev–Trinajstić information content (AvgIpc) is 3.09. The monoisotopic (exact) mass is 494 g/mol. The highest BCUT2D eigenvalue weighted by atomic mass is 32.2. The third-order valence-electron chi connectivity index (χ3n) is 5.85. The Kier molecular flexibility index (Phi) is 6.06. The maximum absolute atomic E-state index is 12.8. The standard InChI is InChI=1S/C19H27N8O4PS/c1-4-32(2,29)18-23-16(20)15-17(24-18)27(19(28)22-15)12-13-5-6-14(21-11-13)25-7-9-26(10-8-25)33(3,30)31/h5-6,11H,4,7-10,12H2,1-3H3,(H,22,28)(H2,20,23,24)/t32-/m1/s1. The number of H-pyrrole nitrogens is 1. The Labute approximate surface area is 191 Å². The third-order valence-corrected chi connectivity index (χ3v) is 9.40. The molecule has 3 N–H and O–H groups in total. The summed E-state index contributed by atoms with van der Waals surface area (Å²) in [6, 6.07) is 3.70. The fraction of sp³-hybridized carbons (Fsp3) is 0.474. The topological polar surface area (TPSA) is 160 Å². The summed E-state index contributed by atoms with van der Waals surface area (Å²) in [5, 5.41) is 0. The van der Waals surface area contributed by atoms with Crippen molar-refractivity contribution in [1.82, 2.24) is 28.8 Å². The van der Waals surface area contributed by atoms with Gasteiger partial charge in [0, 0.05) is 38.5 Å². The van der Waals surface area contributed by atoms with Crippen molar-refractivity contribution in [2.75, 3.05) is 55.9 Å². The van der Waals surface area contributed by atoms with Crippen molar-refractivity contribution in [3.63, 3.8) is 0 Å². The largest absolute Gasteiger partial charge is 0.382 e. The van der Waals surface area contributed by atoms with E-state index >= 15 is 0 Å². The van der Waals surface area contributed by atoms with Gasteiger partial charge in [-0.25, -0.2) is 28.2 Å². The quantitative estimate of drug-likeness (QED) is 0.445. The van der Waals surface area contributed by atoms with Gasteiger partial charge in [-0.3, -0.25) is 4.57 Å². The zero-order chi connectivity index (χ0) is 24.0. The van der Waals surface area contributed by atoms with Crippen molar-refractivity contribution < 1.29 is 13.0 Å². The van der Waals surface area contributed by atoms with Crippen LogP contribution < -0.4 is 21.9 Å². The van der Waals surface area contributed by atoms with Crippen LogP contribution in [0.1, 0.15) is 12.5 Å². The Morgan fingerprint density at radius 1 is 1.18 bits per heavy atom. The maximum Gasteiger partial charge on any atom is 0.328 e. The molecule has 0 amide bonds. The molecule has 4 heterocycles. The SMILES string of the molecule is CC[P@@](C)(=O)c1nc(N)c2[nH]c(=O)n(Cc3ccc(N4CCN(S(C)(=O)=O)CC4)nc3)c2n1. The molecule has 4 rings (SSSR count). The number of aromatic amines is 1. The summed E-state index contributed by atoms with van der Waals surface area (Å²) in [5.74, 6) is 0.824. The Hall–Kier alpha value is -2.76. The number of anilines is 2. The molecule has 178 valence electrons. The van der Waals surface area contributed by atoms with Crippen LogP contribution in [-0.4, -0.2) is 82.5 Å². The van der Waals surface area contributed by atoms with Crippen LogP contribution in [0.15, 0.2) is 23.1 Å². The number of fused-ring (bicyclic) bond motifs is 1. The maximum atomic E-state index is 12.8. The molecule has 14 heteroatoms. The lowest BCUT2D eigenvalue weighted by atomic mass is 10.2. The number of hydrogen-bond acceptors (Lipinski definition) is 9. The molecule has 12 nitrogen and oxygen atoms in total. The minimum absolute atomic E-state index is 0.0862. The summed E-state index contributed by atoms with van der Waals surface area (Å²) < 4.78 is 39.0. The van der Waals surface area contributed by atoms with Crippen LogP contribution in [0.25, 0.3) is 11.2 Å². The van der Waals surface area contributed by atoms with Gasteiger partial charge < -0.3 is 20.2 Å². The number of imidazole rings is 1. The molecular formula is C19H27N8O4PS. The van der Waals surface area contributed by atoms with Crippen LogP contribution in [0.2, 0.25) is 0 Å². The zero-order valence-corrected chi connectivity index (χ0v) is 20.4. The van der Waals surface area contributed by atoms with Gasteiger partial charge >= 0.3 is 5.69 Å². The Morgan fingerprint density at radius 3 is 2.45 bits per heavy atom. The number of aromatic nitrogens is 5. The minimum atomic E-state index is -3.19. The number of nitrogens with zero attached hydrogens (tertiary/aromatic N) is 6. The lowest BCUT2D eigenvalue weighted by molar-refractivity contribution is 0.387. The normalized spacial score (nSPS) is 17.4. The van der Waals surface area contributed by atoms with E-state index < -0.39 is 22.9 Å². The van der Waals surface area contributed by atoms with Gasteiger partial charge in [0.15, 0.2) is 17.0 Å². The van der Waals surface area contributed by atoms with E-state index in [-0.39, 0.29) is 17.9 Å². The molecule has 1 saturated heterocycles. The number of rotatable bonds is 6. The minimum Gasteiger partial charge on any atom is -0.382 e. The van der Waals surface area contributed by atoms with Crippen LogP contribution in [0, 0.1) is 0 Å². The average molecular weight is 495 g/mol. The molecule has 1 aliphatic heterocycles. The molecule has 1 atom stereocenters. The first-order valence-corrected chi connectivity index (χ1v) is 14.7. The first-order valence-electron chi connectivity index (χ1n) is 10.5. The molecule has 1 aliphatic rings. The highest BCUT2D eigenvalue weighted by Gasteiger charge is 2.25. The Bertz CT molecular complexity index is 1390. The fourth-order valence-corrected chi connectivity index (χ4v) is 5.40. The third kappa shape index (κ3) is 4.66. The lowest BCUT2D eigenvalue weighted by Gasteiger charge is -2.34. The zero-order valence-electron chi connectivity index (χ0n) is 18.7. The van der Waals surface area contributed by atoms with Crippen molar-refractivity contribution in [2.45, 2.75) is 13.5 Å². The smallest absolute Gasteiger partial charge is 0.328 e. The molecule has 0 bridgehead atoms. The highest BCUT2D eigenvalue weighted by Crippen LogP contribution is 2.38. The number of piperazine rings is 1. The van der Waals surface area contributed by atoms with Gasteiger partial charge in [0.1, 0.15) is 18.5 Å². The number of sulfonamides is 1. The van der Waals surface area contributed by atoms with Gasteiger partial charge in [-0.1, -0.05) is 13.0 Å². The van der Waals surface area contributed by atoms with Crippen LogP contribution in [0.3, 0.4) is 0 Å². The summed E-state index contributed by atoms with van der Waals surface area (Å²) >= 11 is 0. The summed E-state index contributed by atoms with van der Waals surface area (Å²) in [7, 11) is -5.97. The van der Waals surface area contributed by atoms with E-state index in [0.29, 0.717) is 43.5 Å². The van der Waals surface area contributed by atoms with E-state index in [1.54, 1.807) is 19.8 Å². The van der Waals surface area contributed by atoms with E-state index in [9.17, 15) is 17.8 Å². The molecule has 0 spiro atoms. The number of nitrogens with two attached hydrogens (primary N) is 1. The van der Waals surface area contributed by atoms with Crippen molar-refractivity contribution in [1.29, 1.82) is 0 Å². The molecule has 0 aromatic carbocycles. The molecule has 0 radical (unpaired) electrons. The Balaban J connectivity index is 1.57. The molecule has 0 unspecified atom stereocenters. The molecule has 0 aliphatic carbocycles. The van der Waals surface area contributed by atoms with Crippen molar-refractivity contribution >= 4 is 45.5 Å². The second-order valence-electron chi connectivity index (χ2n) is 8.21. The predicted octanol–water partition coefficient (Wildman–Crippen LogP) is -0.135. The van der Waals surface area contributed by atoms with E-state index in [0.717, 1.165) is 11.4 Å². The van der Waals surface area contributed by atoms with E-state index in [1.165, 1.54) is 15.1 Å². The van der Waals surface area contributed by atoms with Gasteiger partial charge in [-0.05, 0) is 18.3 Å². The summed E-state index contributed by atoms with van der Waals surface area (Å²) in [5.41, 5.74) is 7.16. The predicted molar refractivity (Wildman–Crippen MR) is 128 cm³/mol. The highest BCUT2D eigenvalue weighted by molar-refractivity contribution is 7.88. The van der Waals surface area contributed by atoms with Crippen molar-refractivity contribution in [3.8, 4) is 0 Å². The second-order valence-corrected chi connectivity index (χ2v) is 13.4. The molecule has 0 saturated carbocycles. The van der Waals surface area contributed by atoms with E-state index in [4.69, 9.17) is 5.73 Å². The molecule has 3 aromatic heterocycles. The van der Waals surface area contributed by atoms with Crippen molar-refractivity contribution in [3.05, 3.63) is 34.4 Å². The number of nitrogens with one attached hydrogen (secondary N) is 1. The Morgan fingerprint density at radius 2 is 1.88 bits per heavy atom. The number of nitrogen functional groups attached to an aromatic ring is 1. The lowest BCUT2D eigenvalue weighted by Crippen LogP contribution is -2.48. The summed E-state index contributed by atoms with van der Waals surface area (Å²) in [4.78, 5) is 30.3. The van der Waals surface area contributed by atoms with Gasteiger partial charge in [-0.2, -0.15) is 4.31 Å². The number of pyridine rings is 1. The fourth-order valence-electron chi connectivity index (χ4n) is 3.67. The second kappa shape index (κ2) is 8.54. The molecule has 3 aromatic rings. The molecular weight excluding hydrogens is 467 g/mol. The molecule has 33 heavy (non-hydrogen) atoms. The van der Waals surface area contributed by atoms with Gasteiger partial charge in [-0.15, -0.1) is 0 Å². The molecule has 1 fully saturated rings. The van der Waals surface area contributed by atoms with Crippen LogP contribution in [0.5, 0.6) is 0 Å².